The van der Waals surface area contributed by atoms with Crippen molar-refractivity contribution >= 4 is 49.9 Å². The van der Waals surface area contributed by atoms with Crippen LogP contribution in [0.15, 0.2) is 60.9 Å². The molecule has 2 atom stereocenters. The molecule has 0 aliphatic heterocycles. The lowest BCUT2D eigenvalue weighted by molar-refractivity contribution is 0.229. The van der Waals surface area contributed by atoms with Gasteiger partial charge < -0.3 is 20.7 Å². The van der Waals surface area contributed by atoms with E-state index in [1.165, 1.54) is 0 Å². The Kier molecular flexibility index (Phi) is 5.16. The summed E-state index contributed by atoms with van der Waals surface area (Å²) in [5.41, 5.74) is 3.86. The monoisotopic (exact) mass is 456 g/mol. The molecule has 3 aromatic heterocycles. The highest BCUT2D eigenvalue weighted by molar-refractivity contribution is 7.21. The van der Waals surface area contributed by atoms with Crippen LogP contribution in [0, 0.1) is 5.92 Å². The third-order valence-corrected chi connectivity index (χ3v) is 7.33. The Morgan fingerprint density at radius 2 is 2.03 bits per heavy atom. The van der Waals surface area contributed by atoms with Gasteiger partial charge in [0.05, 0.1) is 15.8 Å². The summed E-state index contributed by atoms with van der Waals surface area (Å²) < 4.78 is 1.14. The number of hydrogen-bond acceptors (Lipinski definition) is 7. The molecular formula is C25H24N6OS. The van der Waals surface area contributed by atoms with E-state index >= 15 is 0 Å². The predicted octanol–water partition coefficient (Wildman–Crippen LogP) is 5.55. The molecule has 33 heavy (non-hydrogen) atoms. The third-order valence-electron chi connectivity index (χ3n) is 6.26. The Balaban J connectivity index is 1.35. The van der Waals surface area contributed by atoms with E-state index in [0.717, 1.165) is 62.5 Å². The zero-order valence-electron chi connectivity index (χ0n) is 18.0. The van der Waals surface area contributed by atoms with Crippen molar-refractivity contribution in [3.05, 3.63) is 60.9 Å². The van der Waals surface area contributed by atoms with Gasteiger partial charge in [0, 0.05) is 36.2 Å². The number of nitrogens with zero attached hydrogens (tertiary/aromatic N) is 3. The van der Waals surface area contributed by atoms with Crippen LogP contribution in [0.3, 0.4) is 0 Å². The van der Waals surface area contributed by atoms with Gasteiger partial charge >= 0.3 is 0 Å². The summed E-state index contributed by atoms with van der Waals surface area (Å²) in [7, 11) is 0. The lowest BCUT2D eigenvalue weighted by atomic mass is 10.1. The van der Waals surface area contributed by atoms with E-state index in [1.807, 2.05) is 42.7 Å². The van der Waals surface area contributed by atoms with Crippen LogP contribution in [0.25, 0.3) is 31.7 Å². The van der Waals surface area contributed by atoms with Gasteiger partial charge in [-0.25, -0.2) is 9.97 Å². The maximum atomic E-state index is 9.56. The van der Waals surface area contributed by atoms with Crippen molar-refractivity contribution in [1.82, 2.24) is 19.9 Å². The van der Waals surface area contributed by atoms with Gasteiger partial charge in [-0.15, -0.1) is 11.3 Å². The highest BCUT2D eigenvalue weighted by atomic mass is 32.1. The van der Waals surface area contributed by atoms with E-state index in [0.29, 0.717) is 11.9 Å². The standard InChI is InChI=1S/C25H24N6OS/c32-14-15-5-7-17(11-15)28-23-19(24-30-20-3-1-2-4-22(20)33-24)13-27-25(31-23)29-18-8-6-16-9-10-26-21(16)12-18/h1-4,6,8-10,12-13,15,17,26,32H,5,7,11,14H2,(H2,27,28,29,31). The van der Waals surface area contributed by atoms with Crippen LogP contribution < -0.4 is 10.6 Å². The number of aliphatic hydroxyl groups excluding tert-OH is 1. The summed E-state index contributed by atoms with van der Waals surface area (Å²) in [6.45, 7) is 0.237. The first-order valence-corrected chi connectivity index (χ1v) is 12.0. The molecule has 2 aromatic carbocycles. The van der Waals surface area contributed by atoms with E-state index < -0.39 is 0 Å². The van der Waals surface area contributed by atoms with Gasteiger partial charge in [0.2, 0.25) is 5.95 Å². The number of hydrogen-bond donors (Lipinski definition) is 4. The zero-order chi connectivity index (χ0) is 22.2. The minimum absolute atomic E-state index is 0.237. The molecule has 0 spiro atoms. The van der Waals surface area contributed by atoms with Crippen molar-refractivity contribution in [2.45, 2.75) is 25.3 Å². The van der Waals surface area contributed by atoms with E-state index in [-0.39, 0.29) is 12.6 Å². The van der Waals surface area contributed by atoms with Crippen molar-refractivity contribution < 1.29 is 5.11 Å². The number of aliphatic hydroxyl groups is 1. The normalized spacial score (nSPS) is 18.2. The Hall–Kier alpha value is -3.49. The molecule has 166 valence electrons. The molecule has 7 nitrogen and oxygen atoms in total. The van der Waals surface area contributed by atoms with Gasteiger partial charge in [0.25, 0.3) is 0 Å². The van der Waals surface area contributed by atoms with Crippen molar-refractivity contribution in [3.8, 4) is 10.6 Å². The maximum Gasteiger partial charge on any atom is 0.229 e. The zero-order valence-corrected chi connectivity index (χ0v) is 18.8. The molecule has 3 heterocycles. The summed E-state index contributed by atoms with van der Waals surface area (Å²) in [5.74, 6) is 1.65. The van der Waals surface area contributed by atoms with Gasteiger partial charge in [-0.3, -0.25) is 0 Å². The molecule has 4 N–H and O–H groups in total. The fourth-order valence-corrected chi connectivity index (χ4v) is 5.49. The first-order chi connectivity index (χ1) is 16.2. The van der Waals surface area contributed by atoms with Crippen molar-refractivity contribution in [2.75, 3.05) is 17.2 Å². The van der Waals surface area contributed by atoms with Crippen LogP contribution in [0.5, 0.6) is 0 Å². The van der Waals surface area contributed by atoms with Gasteiger partial charge in [0.1, 0.15) is 10.8 Å². The Morgan fingerprint density at radius 1 is 1.09 bits per heavy atom. The minimum atomic E-state index is 0.237. The van der Waals surface area contributed by atoms with Crippen LogP contribution in [0.4, 0.5) is 17.5 Å². The molecule has 2 unspecified atom stereocenters. The van der Waals surface area contributed by atoms with Crippen LogP contribution in [-0.2, 0) is 0 Å². The average Bonchev–Trinajstić information content (AvgIpc) is 3.58. The number of benzene rings is 2. The largest absolute Gasteiger partial charge is 0.396 e. The Morgan fingerprint density at radius 3 is 2.91 bits per heavy atom. The van der Waals surface area contributed by atoms with E-state index in [9.17, 15) is 5.11 Å². The Bertz CT molecular complexity index is 1390. The number of nitrogens with one attached hydrogen (secondary N) is 3. The molecule has 8 heteroatoms. The second-order valence-electron chi connectivity index (χ2n) is 8.55. The SMILES string of the molecule is OCC1CCC(Nc2nc(Nc3ccc4cc[nH]c4c3)ncc2-c2nc3ccccc3s2)C1. The van der Waals surface area contributed by atoms with Gasteiger partial charge in [-0.2, -0.15) is 4.98 Å². The number of fused-ring (bicyclic) bond motifs is 2. The number of para-hydroxylation sites is 1. The number of thiazole rings is 1. The molecule has 0 radical (unpaired) electrons. The number of aromatic amines is 1. The summed E-state index contributed by atoms with van der Waals surface area (Å²) >= 11 is 1.64. The van der Waals surface area contributed by atoms with Crippen molar-refractivity contribution in [3.63, 3.8) is 0 Å². The first-order valence-electron chi connectivity index (χ1n) is 11.2. The van der Waals surface area contributed by atoms with Crippen LogP contribution >= 0.6 is 11.3 Å². The molecule has 1 aliphatic rings. The molecule has 0 amide bonds. The molecule has 5 aromatic rings. The van der Waals surface area contributed by atoms with E-state index in [2.05, 4.69) is 38.8 Å². The van der Waals surface area contributed by atoms with Crippen LogP contribution in [0.1, 0.15) is 19.3 Å². The number of rotatable bonds is 6. The second kappa shape index (κ2) is 8.46. The highest BCUT2D eigenvalue weighted by Crippen LogP contribution is 2.36. The first kappa shape index (κ1) is 20.1. The average molecular weight is 457 g/mol. The fraction of sp³-hybridized carbons (Fsp3) is 0.240. The Labute approximate surface area is 194 Å². The van der Waals surface area contributed by atoms with Crippen LogP contribution in [-0.4, -0.2) is 37.7 Å². The van der Waals surface area contributed by atoms with Crippen LogP contribution in [0.2, 0.25) is 0 Å². The smallest absolute Gasteiger partial charge is 0.229 e. The van der Waals surface area contributed by atoms with Gasteiger partial charge in [-0.1, -0.05) is 18.2 Å². The lowest BCUT2D eigenvalue weighted by Gasteiger charge is -2.17. The quantitative estimate of drug-likeness (QED) is 0.267. The number of anilines is 3. The summed E-state index contributed by atoms with van der Waals surface area (Å²) in [5, 5.41) is 18.6. The second-order valence-corrected chi connectivity index (χ2v) is 9.58. The van der Waals surface area contributed by atoms with Gasteiger partial charge in [0.15, 0.2) is 0 Å². The molecule has 6 rings (SSSR count). The molecular weight excluding hydrogens is 432 g/mol. The minimum Gasteiger partial charge on any atom is -0.396 e. The van der Waals surface area contributed by atoms with Crippen molar-refractivity contribution in [2.24, 2.45) is 5.92 Å². The molecule has 0 saturated heterocycles. The van der Waals surface area contributed by atoms with Gasteiger partial charge in [-0.05, 0) is 60.9 Å². The molecule has 1 aliphatic carbocycles. The topological polar surface area (TPSA) is 98.8 Å². The summed E-state index contributed by atoms with van der Waals surface area (Å²) in [6.07, 6.45) is 6.76. The molecule has 1 saturated carbocycles. The summed E-state index contributed by atoms with van der Waals surface area (Å²) in [4.78, 5) is 17.5. The number of aromatic nitrogens is 4. The highest BCUT2D eigenvalue weighted by Gasteiger charge is 2.26. The van der Waals surface area contributed by atoms with E-state index in [4.69, 9.17) is 9.97 Å². The number of H-pyrrole nitrogens is 1. The predicted molar refractivity (Wildman–Crippen MR) is 134 cm³/mol. The third kappa shape index (κ3) is 4.03. The lowest BCUT2D eigenvalue weighted by Crippen LogP contribution is -2.18. The maximum absolute atomic E-state index is 9.56. The molecule has 0 bridgehead atoms. The summed E-state index contributed by atoms with van der Waals surface area (Å²) in [6, 6.07) is 16.6. The van der Waals surface area contributed by atoms with E-state index in [1.54, 1.807) is 11.3 Å². The fourth-order valence-electron chi connectivity index (χ4n) is 4.52. The molecule has 1 fully saturated rings. The van der Waals surface area contributed by atoms with Crippen molar-refractivity contribution in [1.29, 1.82) is 0 Å².